The lowest BCUT2D eigenvalue weighted by Crippen LogP contribution is -2.04. The molecule has 1 N–H and O–H groups in total. The van der Waals surface area contributed by atoms with Gasteiger partial charge < -0.3 is 15.2 Å². The van der Waals surface area contributed by atoms with Gasteiger partial charge in [0.1, 0.15) is 11.8 Å². The van der Waals surface area contributed by atoms with Gasteiger partial charge in [-0.25, -0.2) is 4.79 Å². The normalized spacial score (nSPS) is 10.2. The van der Waals surface area contributed by atoms with Crippen LogP contribution in [0.25, 0.3) is 5.69 Å². The van der Waals surface area contributed by atoms with Crippen LogP contribution in [0.2, 0.25) is 0 Å². The summed E-state index contributed by atoms with van der Waals surface area (Å²) in [5.74, 6) is -1.88. The molecule has 0 spiro atoms. The minimum atomic E-state index is -1.46. The smallest absolute Gasteiger partial charge is 0.381 e. The molecular formula is C10H6N4O6. The van der Waals surface area contributed by atoms with Gasteiger partial charge in [0.05, 0.1) is 10.6 Å². The molecule has 0 amide bonds. The Balaban J connectivity index is 2.52. The molecule has 2 aromatic rings. The number of hydrogen-bond donors (Lipinski definition) is 1. The number of nitro groups is 2. The number of benzene rings is 1. The average Bonchev–Trinajstić information content (AvgIpc) is 2.87. The predicted octanol–water partition coefficient (Wildman–Crippen LogP) is 1.39. The molecule has 1 heterocycles. The van der Waals surface area contributed by atoms with E-state index < -0.39 is 32.9 Å². The van der Waals surface area contributed by atoms with Crippen molar-refractivity contribution in [3.05, 3.63) is 56.5 Å². The van der Waals surface area contributed by atoms with Crippen molar-refractivity contribution in [2.24, 2.45) is 0 Å². The molecular weight excluding hydrogens is 272 g/mol. The van der Waals surface area contributed by atoms with Crippen molar-refractivity contribution in [2.75, 3.05) is 0 Å². The molecule has 1 aromatic carbocycles. The summed E-state index contributed by atoms with van der Waals surface area (Å²) in [5.41, 5.74) is -0.853. The molecule has 1 aromatic heterocycles. The Bertz CT molecular complexity index is 722. The number of imidazole rings is 1. The fourth-order valence-electron chi connectivity index (χ4n) is 1.56. The Morgan fingerprint density at radius 3 is 2.45 bits per heavy atom. The number of nitrogens with zero attached hydrogens (tertiary/aromatic N) is 4. The summed E-state index contributed by atoms with van der Waals surface area (Å²) in [4.78, 5) is 34.2. The van der Waals surface area contributed by atoms with Crippen LogP contribution < -0.4 is 0 Å². The standard InChI is InChI=1S/C10H6N4O6/c15-10(16)7-3-6(1-2-8(7)13(17)18)12-4-9(11-5-12)14(19)20/h1-5H,(H,15,16). The minimum absolute atomic E-state index is 0.216. The van der Waals surface area contributed by atoms with E-state index in [1.807, 2.05) is 0 Å². The van der Waals surface area contributed by atoms with Crippen LogP contribution in [-0.4, -0.2) is 30.5 Å². The maximum Gasteiger partial charge on any atom is 0.381 e. The first kappa shape index (κ1) is 13.1. The molecule has 2 rings (SSSR count). The highest BCUT2D eigenvalue weighted by molar-refractivity contribution is 5.93. The molecule has 0 radical (unpaired) electrons. The lowest BCUT2D eigenvalue weighted by Gasteiger charge is -2.03. The molecule has 102 valence electrons. The molecule has 0 atom stereocenters. The monoisotopic (exact) mass is 278 g/mol. The maximum absolute atomic E-state index is 11.0. The molecule has 0 aliphatic rings. The zero-order valence-corrected chi connectivity index (χ0v) is 9.66. The second-order valence-corrected chi connectivity index (χ2v) is 3.66. The lowest BCUT2D eigenvalue weighted by molar-refractivity contribution is -0.389. The van der Waals surface area contributed by atoms with Crippen molar-refractivity contribution >= 4 is 17.5 Å². The van der Waals surface area contributed by atoms with Crippen LogP contribution in [0, 0.1) is 20.2 Å². The van der Waals surface area contributed by atoms with E-state index >= 15 is 0 Å². The second kappa shape index (κ2) is 4.76. The van der Waals surface area contributed by atoms with Gasteiger partial charge in [-0.15, -0.1) is 0 Å². The quantitative estimate of drug-likeness (QED) is 0.657. The summed E-state index contributed by atoms with van der Waals surface area (Å²) < 4.78 is 1.20. The number of rotatable bonds is 4. The molecule has 0 saturated carbocycles. The summed E-state index contributed by atoms with van der Waals surface area (Å²) in [7, 11) is 0. The molecule has 10 heteroatoms. The van der Waals surface area contributed by atoms with E-state index in [1.54, 1.807) is 0 Å². The molecule has 0 aliphatic heterocycles. The third-order valence-corrected chi connectivity index (χ3v) is 2.46. The Morgan fingerprint density at radius 1 is 1.25 bits per heavy atom. The van der Waals surface area contributed by atoms with Crippen LogP contribution in [0.5, 0.6) is 0 Å². The van der Waals surface area contributed by atoms with Gasteiger partial charge in [0.25, 0.3) is 5.69 Å². The van der Waals surface area contributed by atoms with Crippen molar-refractivity contribution < 1.29 is 19.7 Å². The number of aromatic carboxylic acids is 1. The molecule has 0 saturated heterocycles. The summed E-state index contributed by atoms with van der Waals surface area (Å²) in [6, 6.07) is 3.34. The van der Waals surface area contributed by atoms with E-state index in [1.165, 1.54) is 10.6 Å². The molecule has 20 heavy (non-hydrogen) atoms. The minimum Gasteiger partial charge on any atom is -0.477 e. The second-order valence-electron chi connectivity index (χ2n) is 3.66. The van der Waals surface area contributed by atoms with E-state index in [0.29, 0.717) is 0 Å². The van der Waals surface area contributed by atoms with Crippen molar-refractivity contribution in [3.63, 3.8) is 0 Å². The molecule has 10 nitrogen and oxygen atoms in total. The highest BCUT2D eigenvalue weighted by atomic mass is 16.6. The van der Waals surface area contributed by atoms with Crippen molar-refractivity contribution in [2.45, 2.75) is 0 Å². The van der Waals surface area contributed by atoms with E-state index in [9.17, 15) is 25.0 Å². The number of carbonyl (C=O) groups is 1. The van der Waals surface area contributed by atoms with Gasteiger partial charge in [-0.2, -0.15) is 0 Å². The molecule has 0 fully saturated rings. The fraction of sp³-hybridized carbons (Fsp3) is 0. The van der Waals surface area contributed by atoms with Crippen LogP contribution in [0.15, 0.2) is 30.7 Å². The lowest BCUT2D eigenvalue weighted by atomic mass is 10.1. The van der Waals surface area contributed by atoms with Crippen LogP contribution in [0.4, 0.5) is 11.5 Å². The van der Waals surface area contributed by atoms with Gasteiger partial charge in [0.15, 0.2) is 0 Å². The topological polar surface area (TPSA) is 141 Å². The predicted molar refractivity (Wildman–Crippen MR) is 63.8 cm³/mol. The first-order chi connectivity index (χ1) is 9.40. The Morgan fingerprint density at radius 2 is 1.95 bits per heavy atom. The Hall–Kier alpha value is -3.30. The van der Waals surface area contributed by atoms with Crippen LogP contribution in [0.1, 0.15) is 10.4 Å². The first-order valence-electron chi connectivity index (χ1n) is 5.10. The highest BCUT2D eigenvalue weighted by Crippen LogP contribution is 2.23. The van der Waals surface area contributed by atoms with E-state index in [2.05, 4.69) is 4.98 Å². The summed E-state index contributed by atoms with van der Waals surface area (Å²) in [6.45, 7) is 0. The Kier molecular flexibility index (Phi) is 3.13. The number of hydrogen-bond acceptors (Lipinski definition) is 6. The maximum atomic E-state index is 11.0. The third-order valence-electron chi connectivity index (χ3n) is 2.46. The average molecular weight is 278 g/mol. The Labute approximate surface area is 110 Å². The number of carboxylic acids is 1. The van der Waals surface area contributed by atoms with Gasteiger partial charge in [0.2, 0.25) is 6.33 Å². The highest BCUT2D eigenvalue weighted by Gasteiger charge is 2.21. The zero-order chi connectivity index (χ0) is 14.9. The van der Waals surface area contributed by atoms with Crippen LogP contribution in [0.3, 0.4) is 0 Å². The van der Waals surface area contributed by atoms with Gasteiger partial charge in [-0.3, -0.25) is 14.7 Å². The number of carboxylic acid groups (broad SMARTS) is 1. The van der Waals surface area contributed by atoms with Crippen molar-refractivity contribution in [1.82, 2.24) is 9.55 Å². The summed E-state index contributed by atoms with van der Waals surface area (Å²) in [6.07, 6.45) is 2.19. The van der Waals surface area contributed by atoms with Gasteiger partial charge in [-0.1, -0.05) is 0 Å². The van der Waals surface area contributed by atoms with Gasteiger partial charge in [0, 0.05) is 6.07 Å². The van der Waals surface area contributed by atoms with Crippen LogP contribution >= 0.6 is 0 Å². The SMILES string of the molecule is O=C(O)c1cc(-n2cnc([N+](=O)[O-])c2)ccc1[N+](=O)[O-]. The molecule has 0 unspecified atom stereocenters. The van der Waals surface area contributed by atoms with Crippen LogP contribution in [-0.2, 0) is 0 Å². The number of nitro benzene ring substituents is 1. The molecule has 0 aliphatic carbocycles. The largest absolute Gasteiger partial charge is 0.477 e. The zero-order valence-electron chi connectivity index (χ0n) is 9.66. The summed E-state index contributed by atoms with van der Waals surface area (Å²) >= 11 is 0. The molecule has 0 bridgehead atoms. The van der Waals surface area contributed by atoms with Gasteiger partial charge in [-0.05, 0) is 22.0 Å². The van der Waals surface area contributed by atoms with E-state index in [4.69, 9.17) is 5.11 Å². The first-order valence-corrected chi connectivity index (χ1v) is 5.10. The van der Waals surface area contributed by atoms with Crippen molar-refractivity contribution in [1.29, 1.82) is 0 Å². The fourth-order valence-corrected chi connectivity index (χ4v) is 1.56. The summed E-state index contributed by atoms with van der Waals surface area (Å²) in [5, 5.41) is 30.2. The van der Waals surface area contributed by atoms with E-state index in [0.717, 1.165) is 24.7 Å². The van der Waals surface area contributed by atoms with Gasteiger partial charge >= 0.3 is 11.8 Å². The number of aromatic nitrogens is 2. The van der Waals surface area contributed by atoms with E-state index in [-0.39, 0.29) is 5.69 Å². The van der Waals surface area contributed by atoms with Crippen molar-refractivity contribution in [3.8, 4) is 5.69 Å². The third kappa shape index (κ3) is 2.29.